The van der Waals surface area contributed by atoms with Gasteiger partial charge in [0, 0.05) is 23.3 Å². The number of benzene rings is 2. The molecule has 0 radical (unpaired) electrons. The van der Waals surface area contributed by atoms with Crippen LogP contribution in [0.5, 0.6) is 0 Å². The van der Waals surface area contributed by atoms with Crippen LogP contribution in [0.25, 0.3) is 16.6 Å². The lowest BCUT2D eigenvalue weighted by Gasteiger charge is -2.12. The largest absolute Gasteiger partial charge is 0.324 e. The van der Waals surface area contributed by atoms with Gasteiger partial charge in [0.2, 0.25) is 5.91 Å². The third-order valence-electron chi connectivity index (χ3n) is 4.16. The van der Waals surface area contributed by atoms with Crippen LogP contribution in [-0.4, -0.2) is 30.7 Å². The van der Waals surface area contributed by atoms with Gasteiger partial charge in [-0.15, -0.1) is 5.10 Å². The highest BCUT2D eigenvalue weighted by molar-refractivity contribution is 9.10. The molecule has 28 heavy (non-hydrogen) atoms. The number of aromatic nitrogens is 5. The molecule has 0 saturated heterocycles. The van der Waals surface area contributed by atoms with Gasteiger partial charge in [-0.1, -0.05) is 33.3 Å². The van der Waals surface area contributed by atoms with Gasteiger partial charge in [-0.3, -0.25) is 9.59 Å². The van der Waals surface area contributed by atoms with E-state index >= 15 is 0 Å². The first-order valence-electron chi connectivity index (χ1n) is 8.54. The van der Waals surface area contributed by atoms with Gasteiger partial charge in [0.1, 0.15) is 5.52 Å². The fourth-order valence-corrected chi connectivity index (χ4v) is 3.17. The summed E-state index contributed by atoms with van der Waals surface area (Å²) in [4.78, 5) is 24.9. The van der Waals surface area contributed by atoms with Crippen LogP contribution in [0.4, 0.5) is 5.69 Å². The number of fused-ring (bicyclic) bond motifs is 1. The maximum Gasteiger partial charge on any atom is 0.277 e. The van der Waals surface area contributed by atoms with Crippen molar-refractivity contribution in [2.45, 2.75) is 13.0 Å². The van der Waals surface area contributed by atoms with E-state index in [0.29, 0.717) is 16.6 Å². The number of rotatable bonds is 5. The molecule has 2 heterocycles. The minimum atomic E-state index is -0.266. The molecule has 4 aromatic rings. The number of amides is 1. The number of anilines is 1. The van der Waals surface area contributed by atoms with E-state index in [-0.39, 0.29) is 24.4 Å². The topological polar surface area (TPSA) is 94.7 Å². The lowest BCUT2D eigenvalue weighted by molar-refractivity contribution is -0.116. The van der Waals surface area contributed by atoms with Crippen LogP contribution in [0.3, 0.4) is 0 Å². The lowest BCUT2D eigenvalue weighted by atomic mass is 10.2. The molecule has 0 aliphatic rings. The van der Waals surface area contributed by atoms with Gasteiger partial charge in [-0.05, 0) is 36.4 Å². The maximum absolute atomic E-state index is 12.5. The summed E-state index contributed by atoms with van der Waals surface area (Å²) < 4.78 is 3.70. The Morgan fingerprint density at radius 3 is 2.82 bits per heavy atom. The highest BCUT2D eigenvalue weighted by atomic mass is 79.9. The van der Waals surface area contributed by atoms with E-state index in [9.17, 15) is 9.59 Å². The Balaban J connectivity index is 1.51. The predicted molar refractivity (Wildman–Crippen MR) is 108 cm³/mol. The van der Waals surface area contributed by atoms with Crippen molar-refractivity contribution in [2.24, 2.45) is 0 Å². The Kier molecular flexibility index (Phi) is 4.98. The minimum absolute atomic E-state index is 0.0813. The number of carbonyl (C=O) groups excluding carboxylic acids is 1. The van der Waals surface area contributed by atoms with Crippen LogP contribution in [0.2, 0.25) is 0 Å². The monoisotopic (exact) mass is 438 g/mol. The number of hydrogen-bond donors (Lipinski definition) is 1. The van der Waals surface area contributed by atoms with Crippen molar-refractivity contribution in [1.82, 2.24) is 24.8 Å². The number of nitrogens with one attached hydrogen (secondary N) is 1. The second-order valence-electron chi connectivity index (χ2n) is 6.05. The smallest absolute Gasteiger partial charge is 0.277 e. The predicted octanol–water partition coefficient (Wildman–Crippen LogP) is 2.77. The minimum Gasteiger partial charge on any atom is -0.324 e. The van der Waals surface area contributed by atoms with Crippen LogP contribution in [0.15, 0.2) is 70.2 Å². The van der Waals surface area contributed by atoms with Crippen molar-refractivity contribution in [2.75, 3.05) is 5.32 Å². The zero-order valence-corrected chi connectivity index (χ0v) is 16.2. The second-order valence-corrected chi connectivity index (χ2v) is 6.96. The molecule has 9 heteroatoms. The molecular weight excluding hydrogens is 424 g/mol. The third-order valence-corrected chi connectivity index (χ3v) is 4.66. The van der Waals surface area contributed by atoms with Gasteiger partial charge in [0.05, 0.1) is 23.3 Å². The summed E-state index contributed by atoms with van der Waals surface area (Å²) >= 11 is 3.41. The van der Waals surface area contributed by atoms with E-state index in [4.69, 9.17) is 0 Å². The normalized spacial score (nSPS) is 10.9. The Bertz CT molecular complexity index is 1200. The molecule has 0 fully saturated rings. The third kappa shape index (κ3) is 3.70. The van der Waals surface area contributed by atoms with E-state index in [1.54, 1.807) is 53.5 Å². The molecule has 0 bridgehead atoms. The first-order valence-corrected chi connectivity index (χ1v) is 9.33. The summed E-state index contributed by atoms with van der Waals surface area (Å²) in [5, 5.41) is 15.5. The number of carbonyl (C=O) groups is 1. The highest BCUT2D eigenvalue weighted by Crippen LogP contribution is 2.24. The molecule has 0 atom stereocenters. The van der Waals surface area contributed by atoms with Crippen LogP contribution >= 0.6 is 15.9 Å². The molecule has 0 saturated carbocycles. The number of hydrogen-bond acceptors (Lipinski definition) is 5. The SMILES string of the molecule is O=C(CCn1nnc2ccccc2c1=O)Nc1cc(Br)ccc1-n1cccn1. The van der Waals surface area contributed by atoms with Gasteiger partial charge in [-0.2, -0.15) is 5.10 Å². The first-order chi connectivity index (χ1) is 13.6. The number of aryl methyl sites for hydroxylation is 1. The van der Waals surface area contributed by atoms with Crippen LogP contribution in [0.1, 0.15) is 6.42 Å². The Morgan fingerprint density at radius 2 is 2.00 bits per heavy atom. The molecule has 2 aromatic heterocycles. The summed E-state index contributed by atoms with van der Waals surface area (Å²) in [5.74, 6) is -0.242. The molecule has 8 nitrogen and oxygen atoms in total. The molecule has 0 aliphatic carbocycles. The Labute approximate surface area is 167 Å². The van der Waals surface area contributed by atoms with Gasteiger partial charge >= 0.3 is 0 Å². The summed E-state index contributed by atoms with van der Waals surface area (Å²) in [6.07, 6.45) is 3.54. The molecule has 0 aliphatic heterocycles. The lowest BCUT2D eigenvalue weighted by Crippen LogP contribution is -2.26. The zero-order valence-electron chi connectivity index (χ0n) is 14.6. The number of nitrogens with zero attached hydrogens (tertiary/aromatic N) is 5. The molecule has 0 unspecified atom stereocenters. The Morgan fingerprint density at radius 1 is 1.14 bits per heavy atom. The molecule has 4 rings (SSSR count). The van der Waals surface area contributed by atoms with Crippen molar-refractivity contribution in [3.63, 3.8) is 0 Å². The average molecular weight is 439 g/mol. The molecule has 1 amide bonds. The first kappa shape index (κ1) is 18.1. The number of halogens is 1. The van der Waals surface area contributed by atoms with Gasteiger partial charge in [0.25, 0.3) is 5.56 Å². The van der Waals surface area contributed by atoms with Crippen molar-refractivity contribution >= 4 is 38.4 Å². The standard InChI is InChI=1S/C19H15BrN6O2/c20-13-6-7-17(25-10-3-9-21-25)16(12-13)22-18(27)8-11-26-19(28)14-4-1-2-5-15(14)23-24-26/h1-7,9-10,12H,8,11H2,(H,22,27). The summed E-state index contributed by atoms with van der Waals surface area (Å²) in [7, 11) is 0. The zero-order chi connectivity index (χ0) is 19.5. The molecule has 1 N–H and O–H groups in total. The van der Waals surface area contributed by atoms with Crippen LogP contribution in [-0.2, 0) is 11.3 Å². The second kappa shape index (κ2) is 7.73. The van der Waals surface area contributed by atoms with E-state index in [0.717, 1.165) is 10.2 Å². The quantitative estimate of drug-likeness (QED) is 0.516. The molecule has 2 aromatic carbocycles. The van der Waals surface area contributed by atoms with E-state index in [2.05, 4.69) is 36.7 Å². The van der Waals surface area contributed by atoms with Crippen molar-refractivity contribution in [3.8, 4) is 5.69 Å². The van der Waals surface area contributed by atoms with E-state index in [1.807, 2.05) is 12.1 Å². The average Bonchev–Trinajstić information content (AvgIpc) is 3.22. The van der Waals surface area contributed by atoms with Gasteiger partial charge < -0.3 is 5.32 Å². The molecule has 140 valence electrons. The van der Waals surface area contributed by atoms with E-state index in [1.165, 1.54) is 4.68 Å². The highest BCUT2D eigenvalue weighted by Gasteiger charge is 2.11. The fourth-order valence-electron chi connectivity index (χ4n) is 2.81. The fraction of sp³-hybridized carbons (Fsp3) is 0.105. The summed E-state index contributed by atoms with van der Waals surface area (Å²) in [6, 6.07) is 14.3. The van der Waals surface area contributed by atoms with Gasteiger partial charge in [-0.25, -0.2) is 9.36 Å². The molecular formula is C19H15BrN6O2. The Hall–Kier alpha value is -3.33. The van der Waals surface area contributed by atoms with E-state index < -0.39 is 0 Å². The van der Waals surface area contributed by atoms with Crippen molar-refractivity contribution in [3.05, 3.63) is 75.8 Å². The summed E-state index contributed by atoms with van der Waals surface area (Å²) in [6.45, 7) is 0.133. The van der Waals surface area contributed by atoms with Crippen LogP contribution < -0.4 is 10.9 Å². The van der Waals surface area contributed by atoms with Crippen molar-refractivity contribution in [1.29, 1.82) is 0 Å². The molecule has 0 spiro atoms. The van der Waals surface area contributed by atoms with Crippen molar-refractivity contribution < 1.29 is 4.79 Å². The maximum atomic E-state index is 12.5. The van der Waals surface area contributed by atoms with Crippen LogP contribution in [0, 0.1) is 0 Å². The summed E-state index contributed by atoms with van der Waals surface area (Å²) in [5.41, 5.74) is 1.62. The van der Waals surface area contributed by atoms with Gasteiger partial charge in [0.15, 0.2) is 0 Å².